The lowest BCUT2D eigenvalue weighted by Crippen LogP contribution is -2.13. The molecule has 0 saturated heterocycles. The molecule has 0 aliphatic heterocycles. The summed E-state index contributed by atoms with van der Waals surface area (Å²) in [6.45, 7) is 3.26. The first-order chi connectivity index (χ1) is 9.60. The number of benzene rings is 1. The molecule has 1 N–H and O–H groups in total. The maximum atomic E-state index is 13.1. The van der Waals surface area contributed by atoms with Crippen LogP contribution in [0.15, 0.2) is 30.3 Å². The van der Waals surface area contributed by atoms with Crippen molar-refractivity contribution in [3.8, 4) is 11.6 Å². The number of hydrogen-bond acceptors (Lipinski definition) is 3. The molecule has 2 aromatic rings. The van der Waals surface area contributed by atoms with Crippen LogP contribution in [0.4, 0.5) is 8.78 Å². The average Bonchev–Trinajstić information content (AvgIpc) is 2.43. The highest BCUT2D eigenvalue weighted by molar-refractivity contribution is 6.31. The van der Waals surface area contributed by atoms with Crippen molar-refractivity contribution in [3.05, 3.63) is 52.7 Å². The van der Waals surface area contributed by atoms with Crippen molar-refractivity contribution in [1.82, 2.24) is 10.3 Å². The van der Waals surface area contributed by atoms with Gasteiger partial charge in [0.1, 0.15) is 5.75 Å². The van der Waals surface area contributed by atoms with E-state index in [1.54, 1.807) is 12.1 Å². The maximum Gasteiger partial charge on any atom is 0.219 e. The van der Waals surface area contributed by atoms with Crippen molar-refractivity contribution < 1.29 is 13.5 Å². The first kappa shape index (κ1) is 14.7. The Hall–Kier alpha value is -1.72. The van der Waals surface area contributed by atoms with Crippen molar-refractivity contribution >= 4 is 11.6 Å². The molecule has 3 nitrogen and oxygen atoms in total. The Balaban J connectivity index is 2.18. The molecule has 0 amide bonds. The van der Waals surface area contributed by atoms with Crippen LogP contribution in [-0.2, 0) is 6.54 Å². The maximum absolute atomic E-state index is 13.1. The van der Waals surface area contributed by atoms with E-state index in [0.717, 1.165) is 18.7 Å². The summed E-state index contributed by atoms with van der Waals surface area (Å²) < 4.78 is 31.3. The molecule has 6 heteroatoms. The first-order valence-corrected chi connectivity index (χ1v) is 6.47. The van der Waals surface area contributed by atoms with Gasteiger partial charge >= 0.3 is 0 Å². The number of ether oxygens (including phenoxy) is 1. The third-order valence-corrected chi connectivity index (χ3v) is 2.89. The number of halogens is 3. The first-order valence-electron chi connectivity index (χ1n) is 6.09. The predicted molar refractivity (Wildman–Crippen MR) is 73.1 cm³/mol. The van der Waals surface area contributed by atoms with Crippen molar-refractivity contribution in [1.29, 1.82) is 0 Å². The molecule has 1 aromatic heterocycles. The normalized spacial score (nSPS) is 10.6. The fraction of sp³-hybridized carbons (Fsp3) is 0.214. The Labute approximate surface area is 120 Å². The van der Waals surface area contributed by atoms with Gasteiger partial charge in [-0.05, 0) is 24.7 Å². The lowest BCUT2D eigenvalue weighted by atomic mass is 10.3. The molecule has 0 aliphatic rings. The van der Waals surface area contributed by atoms with Gasteiger partial charge in [-0.25, -0.2) is 13.8 Å². The van der Waals surface area contributed by atoms with E-state index in [-0.39, 0.29) is 11.6 Å². The fourth-order valence-corrected chi connectivity index (χ4v) is 1.72. The molecule has 0 aliphatic carbocycles. The zero-order valence-corrected chi connectivity index (χ0v) is 11.5. The molecule has 0 atom stereocenters. The largest absolute Gasteiger partial charge is 0.439 e. The third kappa shape index (κ3) is 3.65. The van der Waals surface area contributed by atoms with Crippen LogP contribution in [0.3, 0.4) is 0 Å². The zero-order chi connectivity index (χ0) is 14.5. The van der Waals surface area contributed by atoms with Crippen LogP contribution < -0.4 is 10.1 Å². The quantitative estimate of drug-likeness (QED) is 0.908. The van der Waals surface area contributed by atoms with Crippen LogP contribution in [0, 0.1) is 11.6 Å². The van der Waals surface area contributed by atoms with Crippen molar-refractivity contribution in [2.24, 2.45) is 0 Å². The van der Waals surface area contributed by atoms with E-state index in [9.17, 15) is 8.78 Å². The van der Waals surface area contributed by atoms with Crippen molar-refractivity contribution in [3.63, 3.8) is 0 Å². The van der Waals surface area contributed by atoms with Crippen LogP contribution in [0.25, 0.3) is 0 Å². The number of nitrogens with one attached hydrogen (secondary N) is 1. The van der Waals surface area contributed by atoms with E-state index in [1.165, 1.54) is 6.07 Å². The lowest BCUT2D eigenvalue weighted by molar-refractivity contribution is 0.445. The summed E-state index contributed by atoms with van der Waals surface area (Å²) in [5, 5.41) is 3.62. The van der Waals surface area contributed by atoms with Gasteiger partial charge < -0.3 is 10.1 Å². The minimum absolute atomic E-state index is 0.174. The molecule has 2 rings (SSSR count). The second-order valence-electron chi connectivity index (χ2n) is 4.04. The second-order valence-corrected chi connectivity index (χ2v) is 4.44. The summed E-state index contributed by atoms with van der Waals surface area (Å²) in [6, 6.07) is 6.52. The van der Waals surface area contributed by atoms with E-state index in [0.29, 0.717) is 17.3 Å². The molecular formula is C14H13ClF2N2O. The monoisotopic (exact) mass is 298 g/mol. The molecule has 0 fully saturated rings. The number of pyridine rings is 1. The highest BCUT2D eigenvalue weighted by Crippen LogP contribution is 2.24. The standard InChI is InChI=1S/C14H13ClF2N2O/c1-2-18-8-13-10(15)4-6-14(19-13)20-9-3-5-11(16)12(17)7-9/h3-7,18H,2,8H2,1H3. The van der Waals surface area contributed by atoms with E-state index in [4.69, 9.17) is 16.3 Å². The minimum Gasteiger partial charge on any atom is -0.439 e. The molecule has 1 heterocycles. The minimum atomic E-state index is -0.968. The molecule has 20 heavy (non-hydrogen) atoms. The number of hydrogen-bond donors (Lipinski definition) is 1. The summed E-state index contributed by atoms with van der Waals surface area (Å²) in [4.78, 5) is 4.22. The second kappa shape index (κ2) is 6.63. The van der Waals surface area contributed by atoms with Gasteiger partial charge in [0.05, 0.1) is 10.7 Å². The van der Waals surface area contributed by atoms with Gasteiger partial charge in [0, 0.05) is 18.7 Å². The van der Waals surface area contributed by atoms with Gasteiger partial charge in [0.2, 0.25) is 5.88 Å². The smallest absolute Gasteiger partial charge is 0.219 e. The molecule has 1 aromatic carbocycles. The molecule has 106 valence electrons. The molecule has 0 unspecified atom stereocenters. The van der Waals surface area contributed by atoms with Gasteiger partial charge in [-0.3, -0.25) is 0 Å². The highest BCUT2D eigenvalue weighted by Gasteiger charge is 2.08. The van der Waals surface area contributed by atoms with Crippen molar-refractivity contribution in [2.75, 3.05) is 6.54 Å². The SMILES string of the molecule is CCNCc1nc(Oc2ccc(F)c(F)c2)ccc1Cl. The summed E-state index contributed by atoms with van der Waals surface area (Å²) in [5.74, 6) is -1.44. The van der Waals surface area contributed by atoms with E-state index in [2.05, 4.69) is 10.3 Å². The average molecular weight is 299 g/mol. The number of rotatable bonds is 5. The molecule has 0 bridgehead atoms. The Bertz CT molecular complexity index is 608. The molecule has 0 spiro atoms. The van der Waals surface area contributed by atoms with Crippen LogP contribution in [0.1, 0.15) is 12.6 Å². The summed E-state index contributed by atoms with van der Waals surface area (Å²) in [7, 11) is 0. The van der Waals surface area contributed by atoms with Gasteiger partial charge in [0.15, 0.2) is 11.6 Å². The summed E-state index contributed by atoms with van der Waals surface area (Å²) >= 11 is 6.01. The summed E-state index contributed by atoms with van der Waals surface area (Å²) in [5.41, 5.74) is 0.633. The Morgan fingerprint density at radius 2 is 2.00 bits per heavy atom. The predicted octanol–water partition coefficient (Wildman–Crippen LogP) is 3.92. The Morgan fingerprint density at radius 3 is 2.70 bits per heavy atom. The molecular weight excluding hydrogens is 286 g/mol. The van der Waals surface area contributed by atoms with E-state index >= 15 is 0 Å². The van der Waals surface area contributed by atoms with Crippen LogP contribution >= 0.6 is 11.6 Å². The van der Waals surface area contributed by atoms with Gasteiger partial charge in [0.25, 0.3) is 0 Å². The van der Waals surface area contributed by atoms with Gasteiger partial charge in [-0.15, -0.1) is 0 Å². The Morgan fingerprint density at radius 1 is 1.20 bits per heavy atom. The van der Waals surface area contributed by atoms with Crippen LogP contribution in [0.5, 0.6) is 11.6 Å². The fourth-order valence-electron chi connectivity index (χ4n) is 1.55. The third-order valence-electron chi connectivity index (χ3n) is 2.55. The van der Waals surface area contributed by atoms with Crippen LogP contribution in [-0.4, -0.2) is 11.5 Å². The molecule has 0 saturated carbocycles. The highest BCUT2D eigenvalue weighted by atomic mass is 35.5. The Kier molecular flexibility index (Phi) is 4.87. The van der Waals surface area contributed by atoms with Gasteiger partial charge in [-0.1, -0.05) is 18.5 Å². The zero-order valence-electron chi connectivity index (χ0n) is 10.8. The van der Waals surface area contributed by atoms with Crippen LogP contribution in [0.2, 0.25) is 5.02 Å². The van der Waals surface area contributed by atoms with E-state index in [1.807, 2.05) is 6.92 Å². The molecule has 0 radical (unpaired) electrons. The number of aromatic nitrogens is 1. The summed E-state index contributed by atoms with van der Waals surface area (Å²) in [6.07, 6.45) is 0. The number of nitrogens with zero attached hydrogens (tertiary/aromatic N) is 1. The lowest BCUT2D eigenvalue weighted by Gasteiger charge is -2.08. The topological polar surface area (TPSA) is 34.2 Å². The van der Waals surface area contributed by atoms with Gasteiger partial charge in [-0.2, -0.15) is 0 Å². The van der Waals surface area contributed by atoms with Crippen molar-refractivity contribution in [2.45, 2.75) is 13.5 Å². The van der Waals surface area contributed by atoms with E-state index < -0.39 is 11.6 Å².